The smallest absolute Gasteiger partial charge is 0.350 e. The van der Waals surface area contributed by atoms with Gasteiger partial charge in [0.1, 0.15) is 4.88 Å². The van der Waals surface area contributed by atoms with Crippen LogP contribution in [-0.2, 0) is 11.8 Å². The second kappa shape index (κ2) is 5.77. The van der Waals surface area contributed by atoms with Crippen LogP contribution in [0.1, 0.15) is 36.1 Å². The molecule has 94 valence electrons. The summed E-state index contributed by atoms with van der Waals surface area (Å²) >= 11 is 1.29. The van der Waals surface area contributed by atoms with Crippen LogP contribution >= 0.6 is 11.3 Å². The van der Waals surface area contributed by atoms with Gasteiger partial charge < -0.3 is 9.30 Å². The zero-order chi connectivity index (χ0) is 13.0. The molecule has 0 aliphatic rings. The lowest BCUT2D eigenvalue weighted by Gasteiger charge is -1.99. The Hall–Kier alpha value is -1.43. The summed E-state index contributed by atoms with van der Waals surface area (Å²) in [6, 6.07) is 0. The highest BCUT2D eigenvalue weighted by Crippen LogP contribution is 2.12. The molecule has 0 saturated carbocycles. The SMILES string of the molecule is CCOC(=O)c1sc(=NN=C(C)C)n(C)c1C. The number of carbonyl (C=O) groups excluding carboxylic acids is 1. The third-order valence-corrected chi connectivity index (χ3v) is 3.31. The molecule has 0 amide bonds. The van der Waals surface area contributed by atoms with E-state index >= 15 is 0 Å². The van der Waals surface area contributed by atoms with Crippen molar-refractivity contribution in [3.8, 4) is 0 Å². The van der Waals surface area contributed by atoms with Crippen LogP contribution in [0.3, 0.4) is 0 Å². The third kappa shape index (κ3) is 3.26. The lowest BCUT2D eigenvalue weighted by atomic mass is 10.4. The van der Waals surface area contributed by atoms with Crippen LogP contribution in [-0.4, -0.2) is 22.9 Å². The highest BCUT2D eigenvalue weighted by atomic mass is 32.1. The maximum absolute atomic E-state index is 11.7. The van der Waals surface area contributed by atoms with E-state index in [1.165, 1.54) is 11.3 Å². The van der Waals surface area contributed by atoms with Crippen LogP contribution in [0.4, 0.5) is 0 Å². The van der Waals surface area contributed by atoms with Crippen molar-refractivity contribution in [1.29, 1.82) is 0 Å². The van der Waals surface area contributed by atoms with Gasteiger partial charge in [-0.05, 0) is 27.7 Å². The molecule has 1 aromatic heterocycles. The van der Waals surface area contributed by atoms with Gasteiger partial charge in [0.05, 0.1) is 6.61 Å². The molecule has 0 radical (unpaired) electrons. The fraction of sp³-hybridized carbons (Fsp3) is 0.545. The first-order chi connectivity index (χ1) is 7.97. The van der Waals surface area contributed by atoms with Gasteiger partial charge in [-0.3, -0.25) is 0 Å². The largest absolute Gasteiger partial charge is 0.462 e. The van der Waals surface area contributed by atoms with E-state index in [4.69, 9.17) is 4.74 Å². The predicted molar refractivity (Wildman–Crippen MR) is 68.3 cm³/mol. The molecule has 0 aliphatic carbocycles. The van der Waals surface area contributed by atoms with E-state index in [0.717, 1.165) is 11.4 Å². The number of carbonyl (C=O) groups is 1. The zero-order valence-electron chi connectivity index (χ0n) is 10.8. The molecule has 0 saturated heterocycles. The first-order valence-electron chi connectivity index (χ1n) is 5.35. The number of ether oxygens (including phenoxy) is 1. The van der Waals surface area contributed by atoms with Crippen molar-refractivity contribution in [2.45, 2.75) is 27.7 Å². The van der Waals surface area contributed by atoms with Crippen molar-refractivity contribution < 1.29 is 9.53 Å². The minimum atomic E-state index is -0.302. The van der Waals surface area contributed by atoms with Gasteiger partial charge in [-0.1, -0.05) is 11.3 Å². The van der Waals surface area contributed by atoms with Crippen LogP contribution in [0, 0.1) is 6.92 Å². The van der Waals surface area contributed by atoms with E-state index in [-0.39, 0.29) is 5.97 Å². The van der Waals surface area contributed by atoms with Crippen molar-refractivity contribution in [1.82, 2.24) is 4.57 Å². The molecule has 0 atom stereocenters. The Morgan fingerprint density at radius 1 is 1.47 bits per heavy atom. The van der Waals surface area contributed by atoms with Gasteiger partial charge in [0.25, 0.3) is 0 Å². The van der Waals surface area contributed by atoms with E-state index in [0.29, 0.717) is 16.3 Å². The predicted octanol–water partition coefficient (Wildman–Crippen LogP) is 1.87. The minimum absolute atomic E-state index is 0.302. The molecular formula is C11H17N3O2S. The molecule has 0 bridgehead atoms. The minimum Gasteiger partial charge on any atom is -0.462 e. The molecule has 0 spiro atoms. The normalized spacial score (nSPS) is 11.5. The Bertz CT molecular complexity index is 507. The summed E-state index contributed by atoms with van der Waals surface area (Å²) in [5.74, 6) is -0.302. The van der Waals surface area contributed by atoms with Gasteiger partial charge in [0, 0.05) is 18.5 Å². The average Bonchev–Trinajstić information content (AvgIpc) is 2.54. The Kier molecular flexibility index (Phi) is 4.62. The molecule has 1 rings (SSSR count). The fourth-order valence-electron chi connectivity index (χ4n) is 1.15. The molecule has 1 aromatic rings. The molecule has 0 unspecified atom stereocenters. The maximum Gasteiger partial charge on any atom is 0.350 e. The van der Waals surface area contributed by atoms with E-state index in [1.807, 2.05) is 32.4 Å². The molecular weight excluding hydrogens is 238 g/mol. The summed E-state index contributed by atoms with van der Waals surface area (Å²) in [6.45, 7) is 7.77. The Morgan fingerprint density at radius 2 is 2.12 bits per heavy atom. The number of aromatic nitrogens is 1. The summed E-state index contributed by atoms with van der Waals surface area (Å²) in [6.07, 6.45) is 0. The molecule has 1 heterocycles. The standard InChI is InChI=1S/C11H17N3O2S/c1-6-16-10(15)9-8(4)14(5)11(17-9)13-12-7(2)3/h6H2,1-5H3. The molecule has 17 heavy (non-hydrogen) atoms. The van der Waals surface area contributed by atoms with Crippen molar-refractivity contribution >= 4 is 23.0 Å². The van der Waals surface area contributed by atoms with Gasteiger partial charge in [0.2, 0.25) is 4.80 Å². The number of hydrogen-bond acceptors (Lipinski definition) is 5. The zero-order valence-corrected chi connectivity index (χ0v) is 11.6. The molecule has 0 aliphatic heterocycles. The fourth-order valence-corrected chi connectivity index (χ4v) is 2.11. The summed E-state index contributed by atoms with van der Waals surface area (Å²) in [5.41, 5.74) is 1.71. The third-order valence-electron chi connectivity index (χ3n) is 2.11. The summed E-state index contributed by atoms with van der Waals surface area (Å²) < 4.78 is 6.82. The quantitative estimate of drug-likeness (QED) is 0.470. The van der Waals surface area contributed by atoms with Crippen molar-refractivity contribution in [3.05, 3.63) is 15.4 Å². The van der Waals surface area contributed by atoms with Crippen LogP contribution in [0.15, 0.2) is 10.2 Å². The number of nitrogens with zero attached hydrogens (tertiary/aromatic N) is 3. The van der Waals surface area contributed by atoms with Crippen LogP contribution in [0.25, 0.3) is 0 Å². The number of hydrogen-bond donors (Lipinski definition) is 0. The lowest BCUT2D eigenvalue weighted by molar-refractivity contribution is 0.0530. The number of thiazole rings is 1. The van der Waals surface area contributed by atoms with Gasteiger partial charge in [-0.25, -0.2) is 4.79 Å². The summed E-state index contributed by atoms with van der Waals surface area (Å²) in [4.78, 5) is 12.9. The number of rotatable bonds is 3. The van der Waals surface area contributed by atoms with Crippen molar-refractivity contribution in [3.63, 3.8) is 0 Å². The van der Waals surface area contributed by atoms with Crippen molar-refractivity contribution in [2.24, 2.45) is 17.3 Å². The molecule has 0 aromatic carbocycles. The van der Waals surface area contributed by atoms with E-state index in [9.17, 15) is 4.79 Å². The van der Waals surface area contributed by atoms with Crippen LogP contribution in [0.2, 0.25) is 0 Å². The first-order valence-corrected chi connectivity index (χ1v) is 6.17. The first kappa shape index (κ1) is 13.6. The summed E-state index contributed by atoms with van der Waals surface area (Å²) in [7, 11) is 1.86. The Labute approximate surface area is 104 Å². The van der Waals surface area contributed by atoms with Crippen LogP contribution in [0.5, 0.6) is 0 Å². The van der Waals surface area contributed by atoms with Gasteiger partial charge in [-0.15, -0.1) is 5.10 Å². The second-order valence-corrected chi connectivity index (χ2v) is 4.70. The molecule has 0 N–H and O–H groups in total. The number of esters is 1. The van der Waals surface area contributed by atoms with E-state index in [1.54, 1.807) is 6.92 Å². The lowest BCUT2D eigenvalue weighted by Crippen LogP contribution is -2.11. The maximum atomic E-state index is 11.7. The van der Waals surface area contributed by atoms with Crippen LogP contribution < -0.4 is 4.80 Å². The summed E-state index contributed by atoms with van der Waals surface area (Å²) in [5, 5.41) is 8.09. The topological polar surface area (TPSA) is 55.9 Å². The molecule has 5 nitrogen and oxygen atoms in total. The molecule has 6 heteroatoms. The van der Waals surface area contributed by atoms with E-state index < -0.39 is 0 Å². The monoisotopic (exact) mass is 255 g/mol. The van der Waals surface area contributed by atoms with Gasteiger partial charge in [-0.2, -0.15) is 5.10 Å². The average molecular weight is 255 g/mol. The van der Waals surface area contributed by atoms with Gasteiger partial charge >= 0.3 is 5.97 Å². The Morgan fingerprint density at radius 3 is 2.65 bits per heavy atom. The van der Waals surface area contributed by atoms with E-state index in [2.05, 4.69) is 10.2 Å². The molecule has 0 fully saturated rings. The second-order valence-electron chi connectivity index (χ2n) is 3.73. The van der Waals surface area contributed by atoms with Crippen molar-refractivity contribution in [2.75, 3.05) is 6.61 Å². The highest BCUT2D eigenvalue weighted by molar-refractivity contribution is 7.11. The Balaban J connectivity index is 3.21. The van der Waals surface area contributed by atoms with Gasteiger partial charge in [0.15, 0.2) is 0 Å². The highest BCUT2D eigenvalue weighted by Gasteiger charge is 2.15.